The van der Waals surface area contributed by atoms with Crippen LogP contribution in [0.4, 0.5) is 0 Å². The molecule has 0 heterocycles. The van der Waals surface area contributed by atoms with Crippen LogP contribution in [0.15, 0.2) is 70.7 Å². The summed E-state index contributed by atoms with van der Waals surface area (Å²) in [4.78, 5) is 12.1. The van der Waals surface area contributed by atoms with Crippen LogP contribution < -0.4 is 23.8 Å². The fourth-order valence-corrected chi connectivity index (χ4v) is 4.32. The predicted molar refractivity (Wildman–Crippen MR) is 131 cm³/mol. The molecular weight excluding hydrogens is 472 g/mol. The number of nitrogens with zero attached hydrogens (tertiary/aromatic N) is 1. The van der Waals surface area contributed by atoms with Gasteiger partial charge < -0.3 is 18.4 Å². The van der Waals surface area contributed by atoms with Crippen molar-refractivity contribution in [2.24, 2.45) is 5.10 Å². The Balaban J connectivity index is 1.64. The van der Waals surface area contributed by atoms with Gasteiger partial charge in [-0.1, -0.05) is 24.3 Å². The molecule has 0 radical (unpaired) electrons. The van der Waals surface area contributed by atoms with Crippen LogP contribution in [0.5, 0.6) is 23.0 Å². The summed E-state index contributed by atoms with van der Waals surface area (Å²) in [6.45, 7) is 3.24. The van der Waals surface area contributed by atoms with E-state index in [0.717, 1.165) is 5.56 Å². The van der Waals surface area contributed by atoms with Crippen LogP contribution in [0.1, 0.15) is 16.7 Å². The van der Waals surface area contributed by atoms with E-state index >= 15 is 0 Å². The van der Waals surface area contributed by atoms with Crippen molar-refractivity contribution in [2.45, 2.75) is 18.7 Å². The molecule has 0 fully saturated rings. The molecule has 1 N–H and O–H groups in total. The van der Waals surface area contributed by atoms with Crippen LogP contribution in [0.2, 0.25) is 0 Å². The number of carbonyl (C=O) groups excluding carboxylic acids is 1. The average molecular weight is 499 g/mol. The first-order valence-electron chi connectivity index (χ1n) is 10.5. The molecule has 0 bridgehead atoms. The number of hydrazone groups is 1. The molecule has 3 aromatic carbocycles. The topological polar surface area (TPSA) is 113 Å². The number of benzene rings is 3. The highest BCUT2D eigenvalue weighted by Gasteiger charge is 2.21. The molecule has 1 amide bonds. The molecule has 0 aliphatic carbocycles. The van der Waals surface area contributed by atoms with E-state index in [0.29, 0.717) is 22.6 Å². The van der Waals surface area contributed by atoms with Crippen molar-refractivity contribution in [3.8, 4) is 23.0 Å². The van der Waals surface area contributed by atoms with Crippen molar-refractivity contribution < 1.29 is 31.6 Å². The Hall–Kier alpha value is -4.05. The highest BCUT2D eigenvalue weighted by atomic mass is 32.2. The molecule has 0 atom stereocenters. The van der Waals surface area contributed by atoms with Crippen molar-refractivity contribution >= 4 is 22.2 Å². The van der Waals surface area contributed by atoms with Crippen LogP contribution in [0, 0.1) is 13.8 Å². The zero-order chi connectivity index (χ0) is 25.4. The SMILES string of the molecule is COc1ccccc1OCC(=O)N/N=C/c1ccc(OS(=O)(=O)c2cc(C)ccc2C)c(OC)c1. The Morgan fingerprint density at radius 1 is 0.914 bits per heavy atom. The Kier molecular flexibility index (Phi) is 8.32. The summed E-state index contributed by atoms with van der Waals surface area (Å²) in [6.07, 6.45) is 1.38. The van der Waals surface area contributed by atoms with Gasteiger partial charge in [-0.25, -0.2) is 5.43 Å². The van der Waals surface area contributed by atoms with E-state index in [-0.39, 0.29) is 23.0 Å². The largest absolute Gasteiger partial charge is 0.493 e. The number of rotatable bonds is 10. The molecule has 35 heavy (non-hydrogen) atoms. The molecule has 3 rings (SSSR count). The number of para-hydroxylation sites is 2. The Bertz CT molecular complexity index is 1340. The summed E-state index contributed by atoms with van der Waals surface area (Å²) in [5.41, 5.74) is 4.28. The maximum atomic E-state index is 12.8. The summed E-state index contributed by atoms with van der Waals surface area (Å²) in [5.74, 6) is 0.690. The van der Waals surface area contributed by atoms with Gasteiger partial charge in [0.25, 0.3) is 5.91 Å². The number of hydrogen-bond donors (Lipinski definition) is 1. The molecule has 184 valence electrons. The van der Waals surface area contributed by atoms with E-state index in [4.69, 9.17) is 18.4 Å². The zero-order valence-corrected chi connectivity index (χ0v) is 20.6. The lowest BCUT2D eigenvalue weighted by atomic mass is 10.2. The van der Waals surface area contributed by atoms with E-state index in [1.165, 1.54) is 32.6 Å². The van der Waals surface area contributed by atoms with Gasteiger partial charge in [-0.15, -0.1) is 0 Å². The zero-order valence-electron chi connectivity index (χ0n) is 19.8. The summed E-state index contributed by atoms with van der Waals surface area (Å²) < 4.78 is 46.9. The first-order valence-corrected chi connectivity index (χ1v) is 11.9. The fraction of sp³-hybridized carbons (Fsp3) is 0.200. The highest BCUT2D eigenvalue weighted by Crippen LogP contribution is 2.31. The fourth-order valence-electron chi connectivity index (χ4n) is 3.07. The summed E-state index contributed by atoms with van der Waals surface area (Å²) >= 11 is 0. The van der Waals surface area contributed by atoms with Gasteiger partial charge in [0, 0.05) is 0 Å². The molecule has 0 aliphatic rings. The number of carbonyl (C=O) groups is 1. The smallest absolute Gasteiger partial charge is 0.339 e. The van der Waals surface area contributed by atoms with Gasteiger partial charge in [-0.2, -0.15) is 13.5 Å². The molecule has 0 saturated heterocycles. The molecular formula is C25H26N2O7S. The summed E-state index contributed by atoms with van der Waals surface area (Å²) in [6, 6.07) is 16.6. The van der Waals surface area contributed by atoms with Gasteiger partial charge >= 0.3 is 10.1 Å². The van der Waals surface area contributed by atoms with Crippen molar-refractivity contribution in [3.05, 3.63) is 77.4 Å². The standard InChI is InChI=1S/C25H26N2O7S/c1-17-9-10-18(2)24(13-17)35(29,30)34-22-12-11-19(14-23(22)32-4)15-26-27-25(28)16-33-21-8-6-5-7-20(21)31-3/h5-15H,16H2,1-4H3,(H,27,28)/b26-15+. The van der Waals surface area contributed by atoms with Crippen LogP contribution in [-0.4, -0.2) is 41.4 Å². The normalized spacial score (nSPS) is 11.2. The highest BCUT2D eigenvalue weighted by molar-refractivity contribution is 7.87. The van der Waals surface area contributed by atoms with E-state index < -0.39 is 16.0 Å². The van der Waals surface area contributed by atoms with Gasteiger partial charge in [-0.3, -0.25) is 4.79 Å². The number of ether oxygens (including phenoxy) is 3. The summed E-state index contributed by atoms with van der Waals surface area (Å²) in [5, 5.41) is 3.89. The second-order valence-corrected chi connectivity index (χ2v) is 8.96. The molecule has 0 spiro atoms. The van der Waals surface area contributed by atoms with Crippen molar-refractivity contribution in [1.29, 1.82) is 0 Å². The van der Waals surface area contributed by atoms with Gasteiger partial charge in [0.2, 0.25) is 0 Å². The van der Waals surface area contributed by atoms with Crippen LogP contribution in [0.3, 0.4) is 0 Å². The van der Waals surface area contributed by atoms with Crippen LogP contribution in [0.25, 0.3) is 0 Å². The molecule has 0 saturated carbocycles. The van der Waals surface area contributed by atoms with Gasteiger partial charge in [0.05, 0.1) is 20.4 Å². The number of amides is 1. The minimum absolute atomic E-state index is 0.0276. The second kappa shape index (κ2) is 11.4. The molecule has 0 unspecified atom stereocenters. The number of nitrogens with one attached hydrogen (secondary N) is 1. The lowest BCUT2D eigenvalue weighted by molar-refractivity contribution is -0.123. The quantitative estimate of drug-likeness (QED) is 0.258. The Morgan fingerprint density at radius 3 is 2.34 bits per heavy atom. The third kappa shape index (κ3) is 6.73. The monoisotopic (exact) mass is 498 g/mol. The Morgan fingerprint density at radius 2 is 1.63 bits per heavy atom. The van der Waals surface area contributed by atoms with Crippen LogP contribution >= 0.6 is 0 Å². The first-order chi connectivity index (χ1) is 16.7. The van der Waals surface area contributed by atoms with Crippen molar-refractivity contribution in [2.75, 3.05) is 20.8 Å². The van der Waals surface area contributed by atoms with Crippen LogP contribution in [-0.2, 0) is 14.9 Å². The maximum Gasteiger partial charge on any atom is 0.339 e. The minimum atomic E-state index is -4.07. The van der Waals surface area contributed by atoms with Crippen molar-refractivity contribution in [1.82, 2.24) is 5.43 Å². The van der Waals surface area contributed by atoms with E-state index in [1.807, 2.05) is 6.07 Å². The lowest BCUT2D eigenvalue weighted by Gasteiger charge is -2.13. The number of aryl methyl sites for hydroxylation is 2. The van der Waals surface area contributed by atoms with E-state index in [2.05, 4.69) is 10.5 Å². The number of methoxy groups -OCH3 is 2. The van der Waals surface area contributed by atoms with Gasteiger partial charge in [0.1, 0.15) is 4.90 Å². The van der Waals surface area contributed by atoms with Crippen molar-refractivity contribution in [3.63, 3.8) is 0 Å². The predicted octanol–water partition coefficient (Wildman–Crippen LogP) is 3.62. The summed E-state index contributed by atoms with van der Waals surface area (Å²) in [7, 11) is -1.16. The first kappa shape index (κ1) is 25.6. The maximum absolute atomic E-state index is 12.8. The third-order valence-electron chi connectivity index (χ3n) is 4.83. The second-order valence-electron chi connectivity index (χ2n) is 7.45. The van der Waals surface area contributed by atoms with E-state index in [9.17, 15) is 13.2 Å². The third-order valence-corrected chi connectivity index (χ3v) is 6.21. The number of hydrogen-bond acceptors (Lipinski definition) is 8. The average Bonchev–Trinajstić information content (AvgIpc) is 2.85. The molecule has 3 aromatic rings. The Labute approximate surface area is 204 Å². The minimum Gasteiger partial charge on any atom is -0.493 e. The molecule has 0 aliphatic heterocycles. The molecule has 9 nitrogen and oxygen atoms in total. The van der Waals surface area contributed by atoms with Gasteiger partial charge in [0.15, 0.2) is 29.6 Å². The van der Waals surface area contributed by atoms with E-state index in [1.54, 1.807) is 56.3 Å². The molecule has 0 aromatic heterocycles. The lowest BCUT2D eigenvalue weighted by Crippen LogP contribution is -2.24. The molecule has 10 heteroatoms. The van der Waals surface area contributed by atoms with Gasteiger partial charge in [-0.05, 0) is 66.9 Å².